The molecule has 0 bridgehead atoms. The van der Waals surface area contributed by atoms with Gasteiger partial charge in [-0.25, -0.2) is 9.80 Å². The van der Waals surface area contributed by atoms with Crippen molar-refractivity contribution in [1.29, 1.82) is 0 Å². The summed E-state index contributed by atoms with van der Waals surface area (Å²) in [6.45, 7) is 0. The average Bonchev–Trinajstić information content (AvgIpc) is 2.50. The zero-order chi connectivity index (χ0) is 10.7. The molecule has 0 aromatic heterocycles. The molecule has 1 amide bonds. The highest BCUT2D eigenvalue weighted by atomic mass is 16.5. The zero-order valence-corrected chi connectivity index (χ0v) is 8.19. The van der Waals surface area contributed by atoms with Gasteiger partial charge >= 0.3 is 5.97 Å². The van der Waals surface area contributed by atoms with Crippen molar-refractivity contribution in [2.24, 2.45) is 0 Å². The number of carbonyl (C=O) groups is 2. The van der Waals surface area contributed by atoms with E-state index in [9.17, 15) is 9.59 Å². The van der Waals surface area contributed by atoms with E-state index < -0.39 is 18.2 Å². The maximum Gasteiger partial charge on any atom is 0.332 e. The summed E-state index contributed by atoms with van der Waals surface area (Å²) in [6.07, 6.45) is -0.635. The van der Waals surface area contributed by atoms with E-state index in [0.717, 1.165) is 0 Å². The lowest BCUT2D eigenvalue weighted by Crippen LogP contribution is -2.42. The highest BCUT2D eigenvalue weighted by molar-refractivity contribution is 5.82. The van der Waals surface area contributed by atoms with Crippen LogP contribution in [-0.4, -0.2) is 48.3 Å². The van der Waals surface area contributed by atoms with Gasteiger partial charge in [0.1, 0.15) is 6.10 Å². The second-order valence-corrected chi connectivity index (χ2v) is 3.40. The van der Waals surface area contributed by atoms with Crippen LogP contribution in [0, 0.1) is 0 Å². The van der Waals surface area contributed by atoms with Gasteiger partial charge in [-0.15, -0.1) is 0 Å². The summed E-state index contributed by atoms with van der Waals surface area (Å²) in [5, 5.41) is 10.1. The SMILES string of the molecule is CN(C)NC(=O)[C@@H]1CC[C@H](C(=O)O)O1. The van der Waals surface area contributed by atoms with Crippen molar-refractivity contribution in [2.45, 2.75) is 25.0 Å². The largest absolute Gasteiger partial charge is 0.479 e. The van der Waals surface area contributed by atoms with Crippen molar-refractivity contribution < 1.29 is 19.4 Å². The summed E-state index contributed by atoms with van der Waals surface area (Å²) in [5.74, 6) is -1.30. The van der Waals surface area contributed by atoms with Crippen molar-refractivity contribution in [3.63, 3.8) is 0 Å². The van der Waals surface area contributed by atoms with Gasteiger partial charge in [-0.05, 0) is 12.8 Å². The highest BCUT2D eigenvalue weighted by Crippen LogP contribution is 2.19. The number of ether oxygens (including phenoxy) is 1. The van der Waals surface area contributed by atoms with Crippen LogP contribution in [0.2, 0.25) is 0 Å². The van der Waals surface area contributed by atoms with Crippen molar-refractivity contribution in [3.8, 4) is 0 Å². The molecule has 2 atom stereocenters. The molecule has 0 saturated carbocycles. The third-order valence-electron chi connectivity index (χ3n) is 1.92. The second kappa shape index (κ2) is 4.39. The molecule has 0 unspecified atom stereocenters. The van der Waals surface area contributed by atoms with Crippen molar-refractivity contribution >= 4 is 11.9 Å². The van der Waals surface area contributed by atoms with Gasteiger partial charge in [0.25, 0.3) is 5.91 Å². The molecule has 0 spiro atoms. The Morgan fingerprint density at radius 1 is 1.36 bits per heavy atom. The number of hydrogen-bond donors (Lipinski definition) is 2. The van der Waals surface area contributed by atoms with Gasteiger partial charge in [0.2, 0.25) is 0 Å². The number of carboxylic acids is 1. The summed E-state index contributed by atoms with van der Waals surface area (Å²) in [7, 11) is 3.36. The van der Waals surface area contributed by atoms with Gasteiger partial charge in [0, 0.05) is 14.1 Å². The van der Waals surface area contributed by atoms with E-state index in [0.29, 0.717) is 12.8 Å². The molecule has 1 heterocycles. The molecule has 1 saturated heterocycles. The van der Waals surface area contributed by atoms with Crippen LogP contribution >= 0.6 is 0 Å². The van der Waals surface area contributed by atoms with Crippen molar-refractivity contribution in [1.82, 2.24) is 10.4 Å². The van der Waals surface area contributed by atoms with Crippen LogP contribution in [0.5, 0.6) is 0 Å². The lowest BCUT2D eigenvalue weighted by Gasteiger charge is -2.15. The summed E-state index contributed by atoms with van der Waals surface area (Å²) in [4.78, 5) is 21.9. The van der Waals surface area contributed by atoms with E-state index in [1.807, 2.05) is 0 Å². The third kappa shape index (κ3) is 2.68. The molecular weight excluding hydrogens is 188 g/mol. The summed E-state index contributed by atoms with van der Waals surface area (Å²) in [6, 6.07) is 0. The van der Waals surface area contributed by atoms with Gasteiger partial charge in [0.05, 0.1) is 0 Å². The van der Waals surface area contributed by atoms with E-state index in [2.05, 4.69) is 5.43 Å². The molecular formula is C8H14N2O4. The number of carboxylic acid groups (broad SMARTS) is 1. The van der Waals surface area contributed by atoms with Crippen LogP contribution in [0.25, 0.3) is 0 Å². The maximum absolute atomic E-state index is 11.4. The molecule has 0 aromatic carbocycles. The van der Waals surface area contributed by atoms with Crippen LogP contribution in [-0.2, 0) is 14.3 Å². The predicted molar refractivity (Wildman–Crippen MR) is 47.4 cm³/mol. The van der Waals surface area contributed by atoms with Gasteiger partial charge < -0.3 is 9.84 Å². The number of hydrogen-bond acceptors (Lipinski definition) is 4. The predicted octanol–water partition coefficient (Wildman–Crippen LogP) is -0.789. The Hall–Kier alpha value is -1.14. The number of rotatable bonds is 3. The Morgan fingerprint density at radius 3 is 2.36 bits per heavy atom. The Bertz CT molecular complexity index is 241. The number of amides is 1. The molecule has 1 fully saturated rings. The first-order chi connectivity index (χ1) is 6.50. The Kier molecular flexibility index (Phi) is 3.43. The fraction of sp³-hybridized carbons (Fsp3) is 0.750. The molecule has 1 aliphatic rings. The Labute approximate surface area is 81.8 Å². The zero-order valence-electron chi connectivity index (χ0n) is 8.19. The quantitative estimate of drug-likeness (QED) is 0.586. The molecule has 0 aromatic rings. The molecule has 2 N–H and O–H groups in total. The molecule has 0 radical (unpaired) electrons. The number of nitrogens with one attached hydrogen (secondary N) is 1. The lowest BCUT2D eigenvalue weighted by atomic mass is 10.2. The number of hydrazine groups is 1. The highest BCUT2D eigenvalue weighted by Gasteiger charge is 2.34. The fourth-order valence-electron chi connectivity index (χ4n) is 1.30. The third-order valence-corrected chi connectivity index (χ3v) is 1.92. The van der Waals surface area contributed by atoms with Crippen molar-refractivity contribution in [2.75, 3.05) is 14.1 Å². The summed E-state index contributed by atoms with van der Waals surface area (Å²) >= 11 is 0. The Morgan fingerprint density at radius 2 is 1.93 bits per heavy atom. The van der Waals surface area contributed by atoms with Gasteiger partial charge in [0.15, 0.2) is 6.10 Å². The fourth-order valence-corrected chi connectivity index (χ4v) is 1.30. The molecule has 0 aliphatic carbocycles. The van der Waals surface area contributed by atoms with E-state index in [1.165, 1.54) is 5.01 Å². The molecule has 6 heteroatoms. The van der Waals surface area contributed by atoms with Crippen LogP contribution in [0.4, 0.5) is 0 Å². The minimum absolute atomic E-state index is 0.293. The Balaban J connectivity index is 2.42. The first-order valence-corrected chi connectivity index (χ1v) is 4.37. The maximum atomic E-state index is 11.4. The van der Waals surface area contributed by atoms with Gasteiger partial charge in [-0.1, -0.05) is 0 Å². The van der Waals surface area contributed by atoms with E-state index in [-0.39, 0.29) is 5.91 Å². The first-order valence-electron chi connectivity index (χ1n) is 4.37. The summed E-state index contributed by atoms with van der Waals surface area (Å²) < 4.78 is 5.05. The topological polar surface area (TPSA) is 78.9 Å². The first kappa shape index (κ1) is 10.9. The number of carbonyl (C=O) groups excluding carboxylic acids is 1. The molecule has 1 rings (SSSR count). The van der Waals surface area contributed by atoms with Crippen LogP contribution in [0.3, 0.4) is 0 Å². The lowest BCUT2D eigenvalue weighted by molar-refractivity contribution is -0.152. The molecule has 1 aliphatic heterocycles. The van der Waals surface area contributed by atoms with E-state index in [1.54, 1.807) is 14.1 Å². The molecule has 80 valence electrons. The van der Waals surface area contributed by atoms with Gasteiger partial charge in [-0.3, -0.25) is 10.2 Å². The molecule has 14 heavy (non-hydrogen) atoms. The minimum atomic E-state index is -1.01. The second-order valence-electron chi connectivity index (χ2n) is 3.40. The standard InChI is InChI=1S/C8H14N2O4/c1-10(2)9-7(11)5-3-4-6(14-5)8(12)13/h5-6H,3-4H2,1-2H3,(H,9,11)(H,12,13)/t5-,6+/m0/s1. The minimum Gasteiger partial charge on any atom is -0.479 e. The van der Waals surface area contributed by atoms with Crippen LogP contribution < -0.4 is 5.43 Å². The number of nitrogens with zero attached hydrogens (tertiary/aromatic N) is 1. The summed E-state index contributed by atoms with van der Waals surface area (Å²) in [5.41, 5.74) is 2.52. The normalized spacial score (nSPS) is 26.5. The average molecular weight is 202 g/mol. The van der Waals surface area contributed by atoms with E-state index in [4.69, 9.17) is 9.84 Å². The van der Waals surface area contributed by atoms with Crippen LogP contribution in [0.1, 0.15) is 12.8 Å². The van der Waals surface area contributed by atoms with Gasteiger partial charge in [-0.2, -0.15) is 0 Å². The number of aliphatic carboxylic acids is 1. The monoisotopic (exact) mass is 202 g/mol. The van der Waals surface area contributed by atoms with Crippen molar-refractivity contribution in [3.05, 3.63) is 0 Å². The molecule has 6 nitrogen and oxygen atoms in total. The van der Waals surface area contributed by atoms with Crippen LogP contribution in [0.15, 0.2) is 0 Å². The van der Waals surface area contributed by atoms with E-state index >= 15 is 0 Å². The smallest absolute Gasteiger partial charge is 0.332 e.